The molecule has 6 nitrogen and oxygen atoms in total. The molecule has 0 aliphatic carbocycles. The van der Waals surface area contributed by atoms with Gasteiger partial charge in [0, 0.05) is 11.3 Å². The molecule has 0 aliphatic heterocycles. The van der Waals surface area contributed by atoms with Crippen LogP contribution in [0, 0.1) is 5.82 Å². The van der Waals surface area contributed by atoms with Gasteiger partial charge in [-0.3, -0.25) is 9.36 Å². The number of carbonyl (C=O) groups is 2. The second-order valence-corrected chi connectivity index (χ2v) is 5.22. The van der Waals surface area contributed by atoms with Crippen molar-refractivity contribution < 1.29 is 18.7 Å². The number of rotatable bonds is 5. The number of nitrogens with zero attached hydrogens (tertiary/aromatic N) is 2. The zero-order valence-electron chi connectivity index (χ0n) is 13.0. The molecule has 0 saturated heterocycles. The number of ether oxygens (including phenoxy) is 1. The van der Waals surface area contributed by atoms with E-state index < -0.39 is 23.8 Å². The van der Waals surface area contributed by atoms with Crippen molar-refractivity contribution in [1.82, 2.24) is 9.55 Å². The molecule has 1 heterocycles. The molecule has 0 bridgehead atoms. The summed E-state index contributed by atoms with van der Waals surface area (Å²) in [4.78, 5) is 28.1. The highest BCUT2D eigenvalue weighted by Crippen LogP contribution is 2.20. The van der Waals surface area contributed by atoms with Crippen LogP contribution in [-0.4, -0.2) is 21.4 Å². The molecule has 25 heavy (non-hydrogen) atoms. The maximum atomic E-state index is 13.1. The van der Waals surface area contributed by atoms with Crippen molar-refractivity contribution in [3.8, 4) is 5.69 Å². The lowest BCUT2D eigenvalue weighted by Crippen LogP contribution is -2.26. The molecule has 1 atom stereocenters. The number of hydrogen-bond donors (Lipinski definition) is 1. The van der Waals surface area contributed by atoms with Crippen molar-refractivity contribution >= 4 is 11.9 Å². The zero-order chi connectivity index (χ0) is 17.8. The van der Waals surface area contributed by atoms with Gasteiger partial charge < -0.3 is 10.5 Å². The Morgan fingerprint density at radius 2 is 1.76 bits per heavy atom. The van der Waals surface area contributed by atoms with E-state index in [0.717, 1.165) is 0 Å². The van der Waals surface area contributed by atoms with Gasteiger partial charge in [0.1, 0.15) is 5.82 Å². The Morgan fingerprint density at radius 1 is 1.08 bits per heavy atom. The lowest BCUT2D eigenvalue weighted by atomic mass is 10.1. The van der Waals surface area contributed by atoms with Gasteiger partial charge in [-0.2, -0.15) is 0 Å². The Balaban J connectivity index is 1.88. The maximum Gasteiger partial charge on any atom is 0.358 e. The second-order valence-electron chi connectivity index (χ2n) is 5.22. The number of halogens is 1. The van der Waals surface area contributed by atoms with E-state index in [2.05, 4.69) is 4.98 Å². The van der Waals surface area contributed by atoms with Crippen LogP contribution in [0.5, 0.6) is 0 Å². The minimum atomic E-state index is -1.22. The van der Waals surface area contributed by atoms with Crippen LogP contribution in [0.25, 0.3) is 5.69 Å². The van der Waals surface area contributed by atoms with Gasteiger partial charge in [-0.15, -0.1) is 0 Å². The van der Waals surface area contributed by atoms with E-state index >= 15 is 0 Å². The van der Waals surface area contributed by atoms with Gasteiger partial charge in [-0.25, -0.2) is 14.2 Å². The lowest BCUT2D eigenvalue weighted by molar-refractivity contribution is -0.127. The first-order chi connectivity index (χ1) is 12.1. The minimum absolute atomic E-state index is 0.0915. The molecule has 1 unspecified atom stereocenters. The quantitative estimate of drug-likeness (QED) is 0.723. The van der Waals surface area contributed by atoms with Crippen molar-refractivity contribution in [1.29, 1.82) is 0 Å². The zero-order valence-corrected chi connectivity index (χ0v) is 13.0. The molecule has 0 aliphatic rings. The van der Waals surface area contributed by atoms with Crippen molar-refractivity contribution in [2.24, 2.45) is 5.73 Å². The highest BCUT2D eigenvalue weighted by molar-refractivity contribution is 5.91. The number of esters is 1. The average Bonchev–Trinajstić information content (AvgIpc) is 3.10. The van der Waals surface area contributed by atoms with Gasteiger partial charge in [0.2, 0.25) is 6.10 Å². The molecule has 2 aromatic carbocycles. The summed E-state index contributed by atoms with van der Waals surface area (Å²) in [5.74, 6) is -1.95. The van der Waals surface area contributed by atoms with Crippen molar-refractivity contribution in [2.45, 2.75) is 6.10 Å². The minimum Gasteiger partial charge on any atom is -0.443 e. The molecular formula is C18H14FN3O3. The molecule has 3 aromatic rings. The Kier molecular flexibility index (Phi) is 4.56. The first kappa shape index (κ1) is 16.4. The topological polar surface area (TPSA) is 87.2 Å². The smallest absolute Gasteiger partial charge is 0.358 e. The summed E-state index contributed by atoms with van der Waals surface area (Å²) in [6.07, 6.45) is 1.48. The molecule has 0 radical (unpaired) electrons. The average molecular weight is 339 g/mol. The number of amides is 1. The van der Waals surface area contributed by atoms with Crippen LogP contribution >= 0.6 is 0 Å². The van der Waals surface area contributed by atoms with Crippen LogP contribution in [0.1, 0.15) is 22.2 Å². The van der Waals surface area contributed by atoms with Gasteiger partial charge >= 0.3 is 5.97 Å². The summed E-state index contributed by atoms with van der Waals surface area (Å²) in [6.45, 7) is 0. The Hall–Kier alpha value is -3.48. The van der Waals surface area contributed by atoms with Gasteiger partial charge in [0.15, 0.2) is 5.69 Å². The molecule has 2 N–H and O–H groups in total. The van der Waals surface area contributed by atoms with Crippen LogP contribution in [-0.2, 0) is 9.53 Å². The van der Waals surface area contributed by atoms with E-state index in [0.29, 0.717) is 11.3 Å². The van der Waals surface area contributed by atoms with Crippen LogP contribution in [0.2, 0.25) is 0 Å². The highest BCUT2D eigenvalue weighted by Gasteiger charge is 2.25. The molecule has 1 amide bonds. The van der Waals surface area contributed by atoms with E-state index in [-0.39, 0.29) is 5.69 Å². The SMILES string of the molecule is NC(=O)C(OC(=O)c1cncn1-c1ccc(F)cc1)c1ccccc1. The fraction of sp³-hybridized carbons (Fsp3) is 0.0556. The number of hydrogen-bond acceptors (Lipinski definition) is 4. The monoisotopic (exact) mass is 339 g/mol. The maximum absolute atomic E-state index is 13.1. The molecule has 3 rings (SSSR count). The van der Waals surface area contributed by atoms with Crippen molar-refractivity contribution in [2.75, 3.05) is 0 Å². The summed E-state index contributed by atoms with van der Waals surface area (Å²) in [5.41, 5.74) is 6.45. The van der Waals surface area contributed by atoms with E-state index in [9.17, 15) is 14.0 Å². The molecule has 7 heteroatoms. The normalized spacial score (nSPS) is 11.7. The third-order valence-corrected chi connectivity index (χ3v) is 3.54. The van der Waals surface area contributed by atoms with Crippen LogP contribution in [0.3, 0.4) is 0 Å². The van der Waals surface area contributed by atoms with Gasteiger partial charge in [-0.05, 0) is 24.3 Å². The number of primary amides is 1. The largest absolute Gasteiger partial charge is 0.443 e. The summed E-state index contributed by atoms with van der Waals surface area (Å²) >= 11 is 0. The molecule has 0 fully saturated rings. The van der Waals surface area contributed by atoms with E-state index in [4.69, 9.17) is 10.5 Å². The first-order valence-electron chi connectivity index (χ1n) is 7.40. The second kappa shape index (κ2) is 6.96. The molecule has 0 spiro atoms. The van der Waals surface area contributed by atoms with Crippen molar-refractivity contribution in [3.63, 3.8) is 0 Å². The summed E-state index contributed by atoms with van der Waals surface area (Å²) in [7, 11) is 0. The summed E-state index contributed by atoms with van der Waals surface area (Å²) < 4.78 is 19.8. The van der Waals surface area contributed by atoms with Crippen LogP contribution in [0.15, 0.2) is 67.1 Å². The standard InChI is InChI=1S/C18H14FN3O3/c19-13-6-8-14(9-7-13)22-11-21-10-15(22)18(24)25-16(17(20)23)12-4-2-1-3-5-12/h1-11,16H,(H2,20,23). The first-order valence-corrected chi connectivity index (χ1v) is 7.40. The third-order valence-electron chi connectivity index (χ3n) is 3.54. The number of nitrogens with two attached hydrogens (primary N) is 1. The highest BCUT2D eigenvalue weighted by atomic mass is 19.1. The Morgan fingerprint density at radius 3 is 2.40 bits per heavy atom. The van der Waals surface area contributed by atoms with Crippen LogP contribution < -0.4 is 5.73 Å². The molecule has 126 valence electrons. The summed E-state index contributed by atoms with van der Waals surface area (Å²) in [6, 6.07) is 14.0. The predicted octanol–water partition coefficient (Wildman–Crippen LogP) is 2.39. The lowest BCUT2D eigenvalue weighted by Gasteiger charge is -2.15. The number of benzene rings is 2. The Labute approximate surface area is 142 Å². The molecule has 1 aromatic heterocycles. The fourth-order valence-corrected chi connectivity index (χ4v) is 2.34. The van der Waals surface area contributed by atoms with Gasteiger partial charge in [0.25, 0.3) is 5.91 Å². The molecular weight excluding hydrogens is 325 g/mol. The summed E-state index contributed by atoms with van der Waals surface area (Å²) in [5, 5.41) is 0. The molecule has 0 saturated carbocycles. The van der Waals surface area contributed by atoms with E-state index in [1.807, 2.05) is 0 Å². The fourth-order valence-electron chi connectivity index (χ4n) is 2.34. The van der Waals surface area contributed by atoms with Crippen LogP contribution in [0.4, 0.5) is 4.39 Å². The number of imidazole rings is 1. The predicted molar refractivity (Wildman–Crippen MR) is 87.3 cm³/mol. The number of aromatic nitrogens is 2. The van der Waals surface area contributed by atoms with E-state index in [1.165, 1.54) is 41.4 Å². The Bertz CT molecular complexity index is 891. The van der Waals surface area contributed by atoms with E-state index in [1.54, 1.807) is 30.3 Å². The number of carbonyl (C=O) groups excluding carboxylic acids is 2. The third kappa shape index (κ3) is 3.55. The van der Waals surface area contributed by atoms with Gasteiger partial charge in [0.05, 0.1) is 12.5 Å². The van der Waals surface area contributed by atoms with Gasteiger partial charge in [-0.1, -0.05) is 30.3 Å². The van der Waals surface area contributed by atoms with Crippen molar-refractivity contribution in [3.05, 3.63) is 84.2 Å².